The van der Waals surface area contributed by atoms with E-state index >= 15 is 0 Å². The fraction of sp³-hybridized carbons (Fsp3) is 0.692. The Labute approximate surface area is 137 Å². The molecular weight excluding hydrogens is 371 g/mol. The molecule has 0 atom stereocenters. The largest absolute Gasteiger partial charge is 0.357 e. The quantitative estimate of drug-likeness (QED) is 0.347. The molecule has 1 rings (SSSR count). The van der Waals surface area contributed by atoms with E-state index in [4.69, 9.17) is 0 Å². The zero-order valence-corrected chi connectivity index (χ0v) is 15.4. The number of aromatic nitrogens is 1. The molecule has 0 fully saturated rings. The number of halogens is 1. The van der Waals surface area contributed by atoms with Gasteiger partial charge in [0.25, 0.3) is 0 Å². The summed E-state index contributed by atoms with van der Waals surface area (Å²) < 4.78 is 0. The number of unbranched alkanes of at least 4 members (excludes halogenated alkanes) is 1. The number of aliphatic imine (C=N–C) groups is 1. The average Bonchev–Trinajstić information content (AvgIpc) is 2.74. The summed E-state index contributed by atoms with van der Waals surface area (Å²) in [7, 11) is 2.06. The van der Waals surface area contributed by atoms with Gasteiger partial charge in [-0.3, -0.25) is 4.99 Å². The Kier molecular flexibility index (Phi) is 10.2. The van der Waals surface area contributed by atoms with Crippen molar-refractivity contribution in [1.29, 1.82) is 0 Å². The van der Waals surface area contributed by atoms with Crippen LogP contribution in [0, 0.1) is 6.92 Å². The van der Waals surface area contributed by atoms with Crippen molar-refractivity contribution >= 4 is 41.3 Å². The molecule has 6 heteroatoms. The Morgan fingerprint density at radius 2 is 2.21 bits per heavy atom. The second-order valence-electron chi connectivity index (χ2n) is 4.30. The van der Waals surface area contributed by atoms with E-state index in [0.717, 1.165) is 42.7 Å². The first kappa shape index (κ1) is 18.6. The van der Waals surface area contributed by atoms with Crippen LogP contribution in [0.3, 0.4) is 0 Å². The number of aryl methyl sites for hydroxylation is 1. The Morgan fingerprint density at radius 3 is 2.74 bits per heavy atom. The van der Waals surface area contributed by atoms with Crippen molar-refractivity contribution in [2.75, 3.05) is 20.1 Å². The Morgan fingerprint density at radius 1 is 1.47 bits per heavy atom. The molecule has 0 unspecified atom stereocenters. The van der Waals surface area contributed by atoms with Crippen molar-refractivity contribution in [3.8, 4) is 0 Å². The number of nitrogens with zero attached hydrogens (tertiary/aromatic N) is 3. The molecule has 0 saturated carbocycles. The average molecular weight is 396 g/mol. The van der Waals surface area contributed by atoms with E-state index in [-0.39, 0.29) is 24.0 Å². The number of hydrogen-bond donors (Lipinski definition) is 1. The van der Waals surface area contributed by atoms with Gasteiger partial charge in [-0.15, -0.1) is 35.3 Å². The van der Waals surface area contributed by atoms with Crippen LogP contribution in [0.1, 0.15) is 37.4 Å². The van der Waals surface area contributed by atoms with Gasteiger partial charge in [0.15, 0.2) is 5.96 Å². The van der Waals surface area contributed by atoms with Crippen LogP contribution in [0.4, 0.5) is 0 Å². The highest BCUT2D eigenvalue weighted by atomic mass is 127. The van der Waals surface area contributed by atoms with Crippen molar-refractivity contribution in [2.24, 2.45) is 4.99 Å². The predicted octanol–water partition coefficient (Wildman–Crippen LogP) is 3.27. The van der Waals surface area contributed by atoms with Crippen LogP contribution in [0.25, 0.3) is 0 Å². The normalized spacial score (nSPS) is 11.1. The van der Waals surface area contributed by atoms with Crippen LogP contribution in [-0.2, 0) is 6.54 Å². The smallest absolute Gasteiger partial charge is 0.194 e. The van der Waals surface area contributed by atoms with Gasteiger partial charge in [-0.2, -0.15) is 0 Å². The molecule has 0 bridgehead atoms. The lowest BCUT2D eigenvalue weighted by atomic mass is 10.3. The zero-order chi connectivity index (χ0) is 13.4. The van der Waals surface area contributed by atoms with Gasteiger partial charge in [-0.1, -0.05) is 13.3 Å². The van der Waals surface area contributed by atoms with E-state index in [2.05, 4.69) is 46.5 Å². The SMILES string of the molecule is CCCCN=C(NCC)N(C)Cc1csc(C)n1.I. The molecule has 0 aliphatic rings. The third-order valence-electron chi connectivity index (χ3n) is 2.54. The lowest BCUT2D eigenvalue weighted by Crippen LogP contribution is -2.38. The lowest BCUT2D eigenvalue weighted by Gasteiger charge is -2.21. The number of thiazole rings is 1. The van der Waals surface area contributed by atoms with E-state index in [1.165, 1.54) is 6.42 Å². The van der Waals surface area contributed by atoms with Crippen molar-refractivity contribution in [3.05, 3.63) is 16.1 Å². The van der Waals surface area contributed by atoms with Gasteiger partial charge in [0.2, 0.25) is 0 Å². The number of nitrogens with one attached hydrogen (secondary N) is 1. The topological polar surface area (TPSA) is 40.5 Å². The van der Waals surface area contributed by atoms with E-state index < -0.39 is 0 Å². The minimum atomic E-state index is 0. The monoisotopic (exact) mass is 396 g/mol. The first-order valence-corrected chi connectivity index (χ1v) is 7.45. The molecule has 1 aromatic heterocycles. The molecule has 0 radical (unpaired) electrons. The minimum absolute atomic E-state index is 0. The first-order chi connectivity index (χ1) is 8.67. The van der Waals surface area contributed by atoms with E-state index in [1.54, 1.807) is 11.3 Å². The van der Waals surface area contributed by atoms with Crippen LogP contribution in [0.15, 0.2) is 10.4 Å². The molecule has 0 aliphatic heterocycles. The summed E-state index contributed by atoms with van der Waals surface area (Å²) in [6.07, 6.45) is 2.32. The van der Waals surface area contributed by atoms with Crippen LogP contribution in [-0.4, -0.2) is 36.0 Å². The van der Waals surface area contributed by atoms with Crippen molar-refractivity contribution < 1.29 is 0 Å². The summed E-state index contributed by atoms with van der Waals surface area (Å²) in [6, 6.07) is 0. The van der Waals surface area contributed by atoms with Crippen molar-refractivity contribution in [1.82, 2.24) is 15.2 Å². The molecule has 110 valence electrons. The summed E-state index contributed by atoms with van der Waals surface area (Å²) in [6.45, 7) is 8.90. The molecule has 0 spiro atoms. The highest BCUT2D eigenvalue weighted by molar-refractivity contribution is 14.0. The van der Waals surface area contributed by atoms with Crippen molar-refractivity contribution in [3.63, 3.8) is 0 Å². The molecule has 1 aromatic rings. The fourth-order valence-electron chi connectivity index (χ4n) is 1.61. The predicted molar refractivity (Wildman–Crippen MR) is 94.6 cm³/mol. The molecule has 1 N–H and O–H groups in total. The molecule has 1 heterocycles. The summed E-state index contributed by atoms with van der Waals surface area (Å²) in [5, 5.41) is 6.55. The van der Waals surface area contributed by atoms with Gasteiger partial charge in [0, 0.05) is 25.5 Å². The third-order valence-corrected chi connectivity index (χ3v) is 3.36. The van der Waals surface area contributed by atoms with Gasteiger partial charge in [0.1, 0.15) is 0 Å². The molecular formula is C13H25IN4S. The summed E-state index contributed by atoms with van der Waals surface area (Å²) in [4.78, 5) is 11.2. The van der Waals surface area contributed by atoms with E-state index in [1.807, 2.05) is 6.92 Å². The summed E-state index contributed by atoms with van der Waals surface area (Å²) >= 11 is 1.69. The highest BCUT2D eigenvalue weighted by Crippen LogP contribution is 2.09. The Hall–Kier alpha value is -0.370. The van der Waals surface area contributed by atoms with Crippen LogP contribution < -0.4 is 5.32 Å². The van der Waals surface area contributed by atoms with E-state index in [9.17, 15) is 0 Å². The zero-order valence-electron chi connectivity index (χ0n) is 12.3. The minimum Gasteiger partial charge on any atom is -0.357 e. The van der Waals surface area contributed by atoms with E-state index in [0.29, 0.717) is 0 Å². The standard InChI is InChI=1S/C13H24N4S.HI/c1-5-7-8-15-13(14-6-2)17(4)9-12-10-18-11(3)16-12;/h10H,5-9H2,1-4H3,(H,14,15);1H. The fourth-order valence-corrected chi connectivity index (χ4v) is 2.22. The molecule has 0 aliphatic carbocycles. The number of rotatable bonds is 6. The Bertz CT molecular complexity index is 378. The highest BCUT2D eigenvalue weighted by Gasteiger charge is 2.07. The lowest BCUT2D eigenvalue weighted by molar-refractivity contribution is 0.470. The van der Waals surface area contributed by atoms with Crippen LogP contribution in [0.2, 0.25) is 0 Å². The maximum Gasteiger partial charge on any atom is 0.194 e. The van der Waals surface area contributed by atoms with Gasteiger partial charge in [-0.25, -0.2) is 4.98 Å². The van der Waals surface area contributed by atoms with Crippen LogP contribution in [0.5, 0.6) is 0 Å². The summed E-state index contributed by atoms with van der Waals surface area (Å²) in [5.74, 6) is 0.969. The van der Waals surface area contributed by atoms with Crippen LogP contribution >= 0.6 is 35.3 Å². The maximum atomic E-state index is 4.61. The molecule has 0 amide bonds. The maximum absolute atomic E-state index is 4.61. The second kappa shape index (κ2) is 10.4. The molecule has 4 nitrogen and oxygen atoms in total. The molecule has 0 saturated heterocycles. The Balaban J connectivity index is 0.00000324. The molecule has 0 aromatic carbocycles. The van der Waals surface area contributed by atoms with Crippen molar-refractivity contribution in [2.45, 2.75) is 40.2 Å². The summed E-state index contributed by atoms with van der Waals surface area (Å²) in [5.41, 5.74) is 1.11. The van der Waals surface area contributed by atoms with Gasteiger partial charge in [-0.05, 0) is 20.3 Å². The molecule has 19 heavy (non-hydrogen) atoms. The van der Waals surface area contributed by atoms with Gasteiger partial charge < -0.3 is 10.2 Å². The van der Waals surface area contributed by atoms with Gasteiger partial charge >= 0.3 is 0 Å². The number of hydrogen-bond acceptors (Lipinski definition) is 3. The third kappa shape index (κ3) is 7.10. The second-order valence-corrected chi connectivity index (χ2v) is 5.37. The first-order valence-electron chi connectivity index (χ1n) is 6.57. The number of guanidine groups is 1. The van der Waals surface area contributed by atoms with Gasteiger partial charge in [0.05, 0.1) is 17.2 Å².